The summed E-state index contributed by atoms with van der Waals surface area (Å²) in [5.41, 5.74) is 0.0406. The number of fused-ring (bicyclic) bond motifs is 1. The van der Waals surface area contributed by atoms with Crippen LogP contribution in [0, 0.1) is 0 Å². The van der Waals surface area contributed by atoms with Crippen LogP contribution in [0.15, 0.2) is 18.2 Å². The summed E-state index contributed by atoms with van der Waals surface area (Å²) in [5.74, 6) is -0.596. The first-order valence-electron chi connectivity index (χ1n) is 7.62. The van der Waals surface area contributed by atoms with Gasteiger partial charge in [-0.2, -0.15) is 11.8 Å². The fraction of sp³-hybridized carbons (Fsp3) is 0.471. The van der Waals surface area contributed by atoms with E-state index in [2.05, 4.69) is 5.32 Å². The largest absolute Gasteiger partial charge is 0.487 e. The second-order valence-corrected chi connectivity index (χ2v) is 7.30. The van der Waals surface area contributed by atoms with E-state index in [9.17, 15) is 19.5 Å². The van der Waals surface area contributed by atoms with Crippen molar-refractivity contribution in [3.8, 4) is 5.75 Å². The van der Waals surface area contributed by atoms with Crippen LogP contribution in [0.2, 0.25) is 0 Å². The zero-order valence-electron chi connectivity index (χ0n) is 13.9. The molecule has 0 aliphatic carbocycles. The molecule has 130 valence electrons. The first-order valence-corrected chi connectivity index (χ1v) is 9.02. The van der Waals surface area contributed by atoms with Crippen molar-refractivity contribution in [3.05, 3.63) is 29.3 Å². The van der Waals surface area contributed by atoms with Crippen molar-refractivity contribution in [3.63, 3.8) is 0 Å². The van der Waals surface area contributed by atoms with Gasteiger partial charge in [-0.15, -0.1) is 0 Å². The molecule has 0 saturated carbocycles. The monoisotopic (exact) mass is 351 g/mol. The normalized spacial score (nSPS) is 16.7. The molecule has 1 aromatic rings. The Labute approximate surface area is 145 Å². The van der Waals surface area contributed by atoms with Crippen LogP contribution in [-0.4, -0.2) is 46.4 Å². The molecular weight excluding hydrogens is 330 g/mol. The van der Waals surface area contributed by atoms with Gasteiger partial charge in [-0.05, 0) is 50.5 Å². The fourth-order valence-electron chi connectivity index (χ4n) is 2.53. The number of ketones is 1. The van der Waals surface area contributed by atoms with Gasteiger partial charge in [0.05, 0.1) is 12.0 Å². The van der Waals surface area contributed by atoms with Crippen molar-refractivity contribution < 1.29 is 24.2 Å². The number of amides is 1. The number of benzene rings is 1. The summed E-state index contributed by atoms with van der Waals surface area (Å²) in [6, 6.07) is 3.64. The molecule has 1 amide bonds. The van der Waals surface area contributed by atoms with Gasteiger partial charge in [-0.25, -0.2) is 4.79 Å². The van der Waals surface area contributed by atoms with E-state index >= 15 is 0 Å². The average molecular weight is 351 g/mol. The van der Waals surface area contributed by atoms with Gasteiger partial charge in [0.25, 0.3) is 5.91 Å². The summed E-state index contributed by atoms with van der Waals surface area (Å²) >= 11 is 1.51. The van der Waals surface area contributed by atoms with Crippen LogP contribution in [0.3, 0.4) is 0 Å². The van der Waals surface area contributed by atoms with Crippen LogP contribution in [0.5, 0.6) is 5.75 Å². The van der Waals surface area contributed by atoms with E-state index < -0.39 is 23.5 Å². The highest BCUT2D eigenvalue weighted by atomic mass is 32.2. The van der Waals surface area contributed by atoms with Crippen LogP contribution in [0.4, 0.5) is 0 Å². The molecule has 24 heavy (non-hydrogen) atoms. The molecule has 6 nitrogen and oxygen atoms in total. The molecule has 0 aromatic heterocycles. The van der Waals surface area contributed by atoms with E-state index in [1.807, 2.05) is 20.1 Å². The van der Waals surface area contributed by atoms with Crippen LogP contribution in [0.25, 0.3) is 0 Å². The lowest BCUT2D eigenvalue weighted by Crippen LogP contribution is -2.41. The standard InChI is InChI=1S/C17H21NO5S/c1-17(2)9-13(19)11-8-10(4-5-14(11)23-17)15(20)18-12(16(21)22)6-7-24-3/h4-5,8,12H,6-7,9H2,1-3H3,(H,18,20)(H,21,22). The number of carbonyl (C=O) groups is 3. The molecule has 1 aromatic carbocycles. The third-order valence-corrected chi connectivity index (χ3v) is 4.37. The summed E-state index contributed by atoms with van der Waals surface area (Å²) in [6.45, 7) is 3.66. The second kappa shape index (κ2) is 7.25. The molecule has 1 aliphatic heterocycles. The summed E-state index contributed by atoms with van der Waals surface area (Å²) in [7, 11) is 0. The molecule has 0 saturated heterocycles. The van der Waals surface area contributed by atoms with Crippen LogP contribution < -0.4 is 10.1 Å². The van der Waals surface area contributed by atoms with E-state index in [1.165, 1.54) is 23.9 Å². The smallest absolute Gasteiger partial charge is 0.326 e. The molecule has 0 spiro atoms. The average Bonchev–Trinajstić information content (AvgIpc) is 2.49. The second-order valence-electron chi connectivity index (χ2n) is 6.32. The maximum Gasteiger partial charge on any atom is 0.326 e. The third kappa shape index (κ3) is 4.29. The zero-order chi connectivity index (χ0) is 17.9. The number of carbonyl (C=O) groups excluding carboxylic acids is 2. The number of hydrogen-bond acceptors (Lipinski definition) is 5. The molecule has 0 bridgehead atoms. The predicted molar refractivity (Wildman–Crippen MR) is 92.0 cm³/mol. The number of ether oxygens (including phenoxy) is 1. The number of aliphatic carboxylic acids is 1. The van der Waals surface area contributed by atoms with Crippen molar-refractivity contribution >= 4 is 29.4 Å². The first-order chi connectivity index (χ1) is 11.2. The summed E-state index contributed by atoms with van der Waals surface area (Å²) in [5, 5.41) is 11.7. The van der Waals surface area contributed by atoms with Gasteiger partial charge in [0, 0.05) is 5.56 Å². The first kappa shape index (κ1) is 18.3. The van der Waals surface area contributed by atoms with Crippen molar-refractivity contribution in [2.75, 3.05) is 12.0 Å². The van der Waals surface area contributed by atoms with Crippen LogP contribution >= 0.6 is 11.8 Å². The molecule has 1 atom stereocenters. The quantitative estimate of drug-likeness (QED) is 0.817. The highest BCUT2D eigenvalue weighted by Gasteiger charge is 2.33. The van der Waals surface area contributed by atoms with Gasteiger partial charge < -0.3 is 15.2 Å². The molecule has 2 N–H and O–H groups in total. The molecule has 2 rings (SSSR count). The Balaban J connectivity index is 2.18. The number of thioether (sulfide) groups is 1. The highest BCUT2D eigenvalue weighted by molar-refractivity contribution is 7.98. The molecule has 1 heterocycles. The van der Waals surface area contributed by atoms with E-state index in [0.29, 0.717) is 23.5 Å². The summed E-state index contributed by atoms with van der Waals surface area (Å²) < 4.78 is 5.75. The summed E-state index contributed by atoms with van der Waals surface area (Å²) in [4.78, 5) is 35.8. The van der Waals surface area contributed by atoms with E-state index in [-0.39, 0.29) is 17.8 Å². The molecule has 0 fully saturated rings. The van der Waals surface area contributed by atoms with Crippen molar-refractivity contribution in [1.29, 1.82) is 0 Å². The van der Waals surface area contributed by atoms with Gasteiger partial charge in [-0.3, -0.25) is 9.59 Å². The topological polar surface area (TPSA) is 92.7 Å². The zero-order valence-corrected chi connectivity index (χ0v) is 14.7. The lowest BCUT2D eigenvalue weighted by atomic mass is 9.92. The van der Waals surface area contributed by atoms with E-state index in [0.717, 1.165) is 0 Å². The highest BCUT2D eigenvalue weighted by Crippen LogP contribution is 2.33. The van der Waals surface area contributed by atoms with Gasteiger partial charge >= 0.3 is 5.97 Å². The number of carboxylic acid groups (broad SMARTS) is 1. The molecule has 0 radical (unpaired) electrons. The lowest BCUT2D eigenvalue weighted by molar-refractivity contribution is -0.139. The minimum Gasteiger partial charge on any atom is -0.487 e. The molecule has 1 aliphatic rings. The minimum atomic E-state index is -1.07. The Morgan fingerprint density at radius 2 is 2.12 bits per heavy atom. The number of Topliss-reactive ketones (excluding diaryl/α,β-unsaturated/α-hetero) is 1. The molecular formula is C17H21NO5S. The Hall–Kier alpha value is -2.02. The van der Waals surface area contributed by atoms with Crippen molar-refractivity contribution in [1.82, 2.24) is 5.32 Å². The number of nitrogens with one attached hydrogen (secondary N) is 1. The molecule has 7 heteroatoms. The van der Waals surface area contributed by atoms with Gasteiger partial charge in [-0.1, -0.05) is 0 Å². The molecule has 1 unspecified atom stereocenters. The minimum absolute atomic E-state index is 0.0898. The fourth-order valence-corrected chi connectivity index (χ4v) is 3.00. The van der Waals surface area contributed by atoms with E-state index in [1.54, 1.807) is 6.07 Å². The Kier molecular flexibility index (Phi) is 5.54. The number of hydrogen-bond donors (Lipinski definition) is 2. The maximum atomic E-state index is 12.3. The van der Waals surface area contributed by atoms with Gasteiger partial charge in [0.1, 0.15) is 17.4 Å². The van der Waals surface area contributed by atoms with Crippen LogP contribution in [0.1, 0.15) is 47.4 Å². The van der Waals surface area contributed by atoms with Crippen LogP contribution in [-0.2, 0) is 4.79 Å². The Morgan fingerprint density at radius 3 is 2.75 bits per heavy atom. The lowest BCUT2D eigenvalue weighted by Gasteiger charge is -2.31. The Morgan fingerprint density at radius 1 is 1.42 bits per heavy atom. The maximum absolute atomic E-state index is 12.3. The van der Waals surface area contributed by atoms with Gasteiger partial charge in [0.15, 0.2) is 5.78 Å². The number of carboxylic acids is 1. The predicted octanol–water partition coefficient (Wildman–Crippen LogP) is 2.37. The van der Waals surface area contributed by atoms with Gasteiger partial charge in [0.2, 0.25) is 0 Å². The third-order valence-electron chi connectivity index (χ3n) is 3.73. The van der Waals surface area contributed by atoms with Crippen molar-refractivity contribution in [2.45, 2.75) is 38.3 Å². The summed E-state index contributed by atoms with van der Waals surface area (Å²) in [6.07, 6.45) is 2.44. The Bertz CT molecular complexity index is 671. The SMILES string of the molecule is CSCCC(NC(=O)c1ccc2c(c1)C(=O)CC(C)(C)O2)C(=O)O. The number of rotatable bonds is 6. The van der Waals surface area contributed by atoms with Crippen molar-refractivity contribution in [2.24, 2.45) is 0 Å². The van der Waals surface area contributed by atoms with E-state index in [4.69, 9.17) is 4.74 Å².